The van der Waals surface area contributed by atoms with Gasteiger partial charge in [0, 0.05) is 11.2 Å². The van der Waals surface area contributed by atoms with Gasteiger partial charge in [-0.05, 0) is 23.8 Å². The smallest absolute Gasteiger partial charge is 0.399 e. The topological polar surface area (TPSA) is 97.9 Å². The minimum Gasteiger partial charge on any atom is -0.399 e. The highest BCUT2D eigenvalue weighted by Gasteiger charge is 2.19. The van der Waals surface area contributed by atoms with Crippen LogP contribution in [0.1, 0.15) is 11.1 Å². The minimum atomic E-state index is -0.639. The average Bonchev–Trinajstić information content (AvgIpc) is 3.16. The molecule has 0 aliphatic carbocycles. The molecule has 0 aliphatic heterocycles. The van der Waals surface area contributed by atoms with Crippen LogP contribution in [0.25, 0.3) is 11.5 Å². The predicted molar refractivity (Wildman–Crippen MR) is 81.9 cm³/mol. The predicted octanol–water partition coefficient (Wildman–Crippen LogP) is 3.62. The van der Waals surface area contributed by atoms with E-state index in [1.165, 1.54) is 12.1 Å². The molecule has 0 unspecified atom stereocenters. The molecule has 0 fully saturated rings. The summed E-state index contributed by atoms with van der Waals surface area (Å²) in [5, 5.41) is 24.8. The van der Waals surface area contributed by atoms with Crippen molar-refractivity contribution in [1.82, 2.24) is 9.78 Å². The van der Waals surface area contributed by atoms with Crippen molar-refractivity contribution in [1.29, 1.82) is 5.26 Å². The first-order valence-corrected chi connectivity index (χ1v) is 6.91. The number of furan rings is 1. The van der Waals surface area contributed by atoms with Crippen molar-refractivity contribution in [2.24, 2.45) is 0 Å². The van der Waals surface area contributed by atoms with Gasteiger partial charge in [0.05, 0.1) is 12.6 Å². The summed E-state index contributed by atoms with van der Waals surface area (Å²) in [7, 11) is 0. The summed E-state index contributed by atoms with van der Waals surface area (Å²) in [6.45, 7) is 0.439. The fourth-order valence-corrected chi connectivity index (χ4v) is 2.22. The third-order valence-electron chi connectivity index (χ3n) is 3.15. The van der Waals surface area contributed by atoms with Gasteiger partial charge in [0.1, 0.15) is 22.2 Å². The van der Waals surface area contributed by atoms with Crippen LogP contribution < -0.4 is 0 Å². The molecular weight excluding hydrogens is 320 g/mol. The van der Waals surface area contributed by atoms with Gasteiger partial charge in [-0.3, -0.25) is 14.8 Å². The van der Waals surface area contributed by atoms with Gasteiger partial charge in [-0.1, -0.05) is 23.7 Å². The zero-order chi connectivity index (χ0) is 16.4. The van der Waals surface area contributed by atoms with E-state index in [0.29, 0.717) is 11.6 Å². The molecule has 2 heterocycles. The van der Waals surface area contributed by atoms with Crippen LogP contribution in [0.5, 0.6) is 0 Å². The summed E-state index contributed by atoms with van der Waals surface area (Å²) in [5.41, 5.74) is 1.51. The lowest BCUT2D eigenvalue weighted by molar-refractivity contribution is -0.401. The molecule has 0 bridgehead atoms. The van der Waals surface area contributed by atoms with Crippen molar-refractivity contribution in [3.8, 4) is 17.5 Å². The van der Waals surface area contributed by atoms with E-state index in [2.05, 4.69) is 5.10 Å². The Kier molecular flexibility index (Phi) is 3.83. The van der Waals surface area contributed by atoms with Crippen molar-refractivity contribution in [3.05, 3.63) is 68.9 Å². The molecule has 7 nitrogen and oxygen atoms in total. The quantitative estimate of drug-likeness (QED) is 0.538. The van der Waals surface area contributed by atoms with Crippen LogP contribution in [0.4, 0.5) is 5.88 Å². The number of benzene rings is 1. The highest BCUT2D eigenvalue weighted by atomic mass is 35.5. The Hall–Kier alpha value is -3.11. The third kappa shape index (κ3) is 3.07. The van der Waals surface area contributed by atoms with E-state index in [1.807, 2.05) is 18.2 Å². The van der Waals surface area contributed by atoms with Gasteiger partial charge in [-0.15, -0.1) is 0 Å². The molecule has 23 heavy (non-hydrogen) atoms. The average molecular weight is 329 g/mol. The lowest BCUT2D eigenvalue weighted by Crippen LogP contribution is -2.00. The van der Waals surface area contributed by atoms with Gasteiger partial charge in [0.2, 0.25) is 0 Å². The van der Waals surface area contributed by atoms with Crippen LogP contribution in [0, 0.1) is 21.4 Å². The maximum Gasteiger partial charge on any atom is 0.433 e. The first-order valence-electron chi connectivity index (χ1n) is 6.53. The number of nitrogens with zero attached hydrogens (tertiary/aromatic N) is 4. The first-order chi connectivity index (χ1) is 11.1. The Bertz CT molecular complexity index is 906. The molecule has 114 valence electrons. The summed E-state index contributed by atoms with van der Waals surface area (Å²) in [4.78, 5) is 10.0. The number of hydrogen-bond acceptors (Lipinski definition) is 5. The Labute approximate surface area is 135 Å². The second-order valence-electron chi connectivity index (χ2n) is 4.72. The van der Waals surface area contributed by atoms with Crippen LogP contribution in [-0.4, -0.2) is 14.7 Å². The van der Waals surface area contributed by atoms with E-state index in [9.17, 15) is 15.4 Å². The highest BCUT2D eigenvalue weighted by Crippen LogP contribution is 2.27. The van der Waals surface area contributed by atoms with Gasteiger partial charge in [0.15, 0.2) is 5.76 Å². The Morgan fingerprint density at radius 2 is 2.04 bits per heavy atom. The summed E-state index contributed by atoms with van der Waals surface area (Å²) in [5.74, 6) is -0.209. The van der Waals surface area contributed by atoms with Gasteiger partial charge in [0.25, 0.3) is 0 Å². The second-order valence-corrected chi connectivity index (χ2v) is 5.16. The zero-order valence-corrected chi connectivity index (χ0v) is 12.4. The standard InChI is InChI=1S/C15H9ClN4O3/c16-12-3-1-10(2-4-12)8-19-9-11(7-17)15(18-19)13-5-6-14(23-13)20(21)22/h1-6,9H,8H2. The summed E-state index contributed by atoms with van der Waals surface area (Å²) >= 11 is 5.84. The molecule has 3 aromatic rings. The molecule has 1 aromatic carbocycles. The molecular formula is C15H9ClN4O3. The number of halogens is 1. The number of nitro groups is 1. The van der Waals surface area contributed by atoms with Crippen molar-refractivity contribution in [2.45, 2.75) is 6.54 Å². The lowest BCUT2D eigenvalue weighted by atomic mass is 10.2. The van der Waals surface area contributed by atoms with Gasteiger partial charge >= 0.3 is 5.88 Å². The van der Waals surface area contributed by atoms with E-state index >= 15 is 0 Å². The Morgan fingerprint density at radius 3 is 2.65 bits per heavy atom. The number of hydrogen-bond donors (Lipinski definition) is 0. The molecule has 0 saturated carbocycles. The van der Waals surface area contributed by atoms with Crippen molar-refractivity contribution in [2.75, 3.05) is 0 Å². The molecule has 0 radical (unpaired) electrons. The van der Waals surface area contributed by atoms with E-state index in [1.54, 1.807) is 23.0 Å². The number of rotatable bonds is 4. The molecule has 0 aliphatic rings. The highest BCUT2D eigenvalue weighted by molar-refractivity contribution is 6.30. The Balaban J connectivity index is 1.92. The monoisotopic (exact) mass is 328 g/mol. The zero-order valence-electron chi connectivity index (χ0n) is 11.6. The van der Waals surface area contributed by atoms with E-state index in [-0.39, 0.29) is 17.0 Å². The van der Waals surface area contributed by atoms with Crippen molar-refractivity contribution in [3.63, 3.8) is 0 Å². The normalized spacial score (nSPS) is 10.4. The van der Waals surface area contributed by atoms with Crippen LogP contribution in [-0.2, 0) is 6.54 Å². The largest absolute Gasteiger partial charge is 0.433 e. The van der Waals surface area contributed by atoms with Crippen LogP contribution >= 0.6 is 11.6 Å². The molecule has 0 amide bonds. The number of aromatic nitrogens is 2. The maximum absolute atomic E-state index is 10.7. The third-order valence-corrected chi connectivity index (χ3v) is 3.40. The molecule has 0 N–H and O–H groups in total. The molecule has 0 atom stereocenters. The van der Waals surface area contributed by atoms with Crippen LogP contribution in [0.3, 0.4) is 0 Å². The van der Waals surface area contributed by atoms with E-state index in [4.69, 9.17) is 16.0 Å². The molecule has 3 rings (SSSR count). The van der Waals surface area contributed by atoms with Gasteiger partial charge in [-0.2, -0.15) is 10.4 Å². The van der Waals surface area contributed by atoms with Gasteiger partial charge in [-0.25, -0.2) is 0 Å². The van der Waals surface area contributed by atoms with Crippen LogP contribution in [0.15, 0.2) is 47.0 Å². The molecule has 2 aromatic heterocycles. The summed E-state index contributed by atoms with van der Waals surface area (Å²) in [6.07, 6.45) is 1.57. The van der Waals surface area contributed by atoms with Crippen molar-refractivity contribution < 1.29 is 9.34 Å². The fourth-order valence-electron chi connectivity index (χ4n) is 2.10. The lowest BCUT2D eigenvalue weighted by Gasteiger charge is -2.01. The van der Waals surface area contributed by atoms with Crippen LogP contribution in [0.2, 0.25) is 5.02 Å². The molecule has 0 saturated heterocycles. The fraction of sp³-hybridized carbons (Fsp3) is 0.0667. The molecule has 8 heteroatoms. The Morgan fingerprint density at radius 1 is 1.30 bits per heavy atom. The second kappa shape index (κ2) is 5.94. The minimum absolute atomic E-state index is 0.183. The first kappa shape index (κ1) is 14.8. The summed E-state index contributed by atoms with van der Waals surface area (Å²) in [6, 6.07) is 11.9. The molecule has 0 spiro atoms. The SMILES string of the molecule is N#Cc1cn(Cc2ccc(Cl)cc2)nc1-c1ccc([N+](=O)[O-])o1. The summed E-state index contributed by atoms with van der Waals surface area (Å²) < 4.78 is 6.68. The van der Waals surface area contributed by atoms with E-state index < -0.39 is 10.8 Å². The van der Waals surface area contributed by atoms with E-state index in [0.717, 1.165) is 5.56 Å². The van der Waals surface area contributed by atoms with Crippen molar-refractivity contribution >= 4 is 17.5 Å². The number of nitriles is 1. The van der Waals surface area contributed by atoms with Gasteiger partial charge < -0.3 is 4.42 Å². The maximum atomic E-state index is 10.7.